The second-order valence-electron chi connectivity index (χ2n) is 3.12. The van der Waals surface area contributed by atoms with Gasteiger partial charge in [-0.1, -0.05) is 6.08 Å². The van der Waals surface area contributed by atoms with Crippen LogP contribution in [-0.4, -0.2) is 27.1 Å². The van der Waals surface area contributed by atoms with Crippen LogP contribution in [0.4, 0.5) is 0 Å². The van der Waals surface area contributed by atoms with E-state index in [4.69, 9.17) is 5.11 Å². The molecule has 86 valence electrons. The van der Waals surface area contributed by atoms with Gasteiger partial charge >= 0.3 is 5.97 Å². The average molecular weight is 239 g/mol. The lowest BCUT2D eigenvalue weighted by atomic mass is 10.3. The molecule has 0 aliphatic rings. The molecule has 0 saturated heterocycles. The van der Waals surface area contributed by atoms with Gasteiger partial charge in [-0.05, 0) is 6.07 Å². The average Bonchev–Trinajstić information content (AvgIpc) is 2.26. The number of hydrogen-bond acceptors (Lipinski definition) is 3. The molecule has 1 N–H and O–H groups in total. The molecule has 5 heteroatoms. The number of rotatable bonds is 6. The van der Waals surface area contributed by atoms with E-state index in [0.29, 0.717) is 6.54 Å². The fraction of sp³-hybridized carbons (Fsp3) is 0.273. The number of nitrogens with zero attached hydrogens (tertiary/aromatic N) is 1. The first-order valence-electron chi connectivity index (χ1n) is 4.77. The summed E-state index contributed by atoms with van der Waals surface area (Å²) in [6, 6.07) is 2.60. The van der Waals surface area contributed by atoms with E-state index in [9.17, 15) is 9.59 Å². The largest absolute Gasteiger partial charge is 0.478 e. The Balaban J connectivity index is 2.70. The maximum atomic E-state index is 11.4. The number of carboxylic acids is 1. The minimum absolute atomic E-state index is 0.133. The van der Waals surface area contributed by atoms with Crippen molar-refractivity contribution in [1.82, 2.24) is 4.57 Å². The van der Waals surface area contributed by atoms with Gasteiger partial charge in [0, 0.05) is 30.3 Å². The molecule has 0 fully saturated rings. The van der Waals surface area contributed by atoms with E-state index in [1.807, 2.05) is 0 Å². The van der Waals surface area contributed by atoms with Crippen molar-refractivity contribution in [2.24, 2.45) is 0 Å². The van der Waals surface area contributed by atoms with Crippen LogP contribution in [0.3, 0.4) is 0 Å². The molecule has 0 spiro atoms. The van der Waals surface area contributed by atoms with Crippen molar-refractivity contribution in [3.63, 3.8) is 0 Å². The SMILES string of the molecule is C=CCSCCn1cc(C(=O)O)ccc1=O. The highest BCUT2D eigenvalue weighted by molar-refractivity contribution is 7.99. The second-order valence-corrected chi connectivity index (χ2v) is 4.27. The van der Waals surface area contributed by atoms with Crippen molar-refractivity contribution in [2.45, 2.75) is 6.54 Å². The molecule has 4 nitrogen and oxygen atoms in total. The van der Waals surface area contributed by atoms with Gasteiger partial charge in [-0.25, -0.2) is 4.79 Å². The number of aryl methyl sites for hydroxylation is 1. The molecule has 0 saturated carbocycles. The minimum atomic E-state index is -1.02. The molecule has 16 heavy (non-hydrogen) atoms. The molecule has 1 aromatic heterocycles. The fourth-order valence-corrected chi connectivity index (χ4v) is 1.82. The summed E-state index contributed by atoms with van der Waals surface area (Å²) in [5.41, 5.74) is -0.0440. The van der Waals surface area contributed by atoms with E-state index in [-0.39, 0.29) is 11.1 Å². The summed E-state index contributed by atoms with van der Waals surface area (Å²) in [5, 5.41) is 8.78. The van der Waals surface area contributed by atoms with Gasteiger partial charge in [-0.15, -0.1) is 6.58 Å². The third kappa shape index (κ3) is 3.58. The Hall–Kier alpha value is -1.49. The van der Waals surface area contributed by atoms with Gasteiger partial charge in [0.2, 0.25) is 0 Å². The second kappa shape index (κ2) is 6.17. The highest BCUT2D eigenvalue weighted by Crippen LogP contribution is 2.01. The first kappa shape index (κ1) is 12.6. The lowest BCUT2D eigenvalue weighted by molar-refractivity contribution is 0.0696. The van der Waals surface area contributed by atoms with Crippen LogP contribution < -0.4 is 5.56 Å². The summed E-state index contributed by atoms with van der Waals surface area (Å²) in [4.78, 5) is 22.1. The Kier molecular flexibility index (Phi) is 4.85. The fourth-order valence-electron chi connectivity index (χ4n) is 1.16. The van der Waals surface area contributed by atoms with Crippen molar-refractivity contribution in [1.29, 1.82) is 0 Å². The zero-order valence-corrected chi connectivity index (χ0v) is 9.57. The third-order valence-electron chi connectivity index (χ3n) is 1.94. The van der Waals surface area contributed by atoms with Gasteiger partial charge < -0.3 is 9.67 Å². The zero-order chi connectivity index (χ0) is 12.0. The number of aromatic nitrogens is 1. The smallest absolute Gasteiger partial charge is 0.337 e. The van der Waals surface area contributed by atoms with Crippen molar-refractivity contribution < 1.29 is 9.90 Å². The predicted octanol–water partition coefficient (Wildman–Crippen LogP) is 1.47. The number of carboxylic acid groups (broad SMARTS) is 1. The predicted molar refractivity (Wildman–Crippen MR) is 65.2 cm³/mol. The molecule has 0 radical (unpaired) electrons. The maximum Gasteiger partial charge on any atom is 0.337 e. The Bertz CT molecular complexity index is 439. The normalized spacial score (nSPS) is 10.0. The van der Waals surface area contributed by atoms with Gasteiger partial charge in [0.15, 0.2) is 0 Å². The van der Waals surface area contributed by atoms with E-state index in [0.717, 1.165) is 11.5 Å². The van der Waals surface area contributed by atoms with Gasteiger partial charge in [-0.3, -0.25) is 4.79 Å². The van der Waals surface area contributed by atoms with Crippen molar-refractivity contribution in [3.05, 3.63) is 46.9 Å². The Morgan fingerprint density at radius 1 is 1.56 bits per heavy atom. The lowest BCUT2D eigenvalue weighted by Crippen LogP contribution is -2.21. The number of aromatic carboxylic acids is 1. The molecule has 1 heterocycles. The van der Waals surface area contributed by atoms with Crippen LogP contribution >= 0.6 is 11.8 Å². The number of thioether (sulfide) groups is 1. The monoisotopic (exact) mass is 239 g/mol. The highest BCUT2D eigenvalue weighted by atomic mass is 32.2. The number of hydrogen-bond donors (Lipinski definition) is 1. The quantitative estimate of drug-likeness (QED) is 0.603. The van der Waals surface area contributed by atoms with Crippen molar-refractivity contribution in [3.8, 4) is 0 Å². The maximum absolute atomic E-state index is 11.4. The van der Waals surface area contributed by atoms with E-state index in [1.54, 1.807) is 17.8 Å². The molecule has 0 aliphatic carbocycles. The zero-order valence-electron chi connectivity index (χ0n) is 8.76. The molecule has 0 aromatic carbocycles. The summed E-state index contributed by atoms with van der Waals surface area (Å²) in [7, 11) is 0. The van der Waals surface area contributed by atoms with E-state index < -0.39 is 5.97 Å². The van der Waals surface area contributed by atoms with E-state index in [2.05, 4.69) is 6.58 Å². The van der Waals surface area contributed by atoms with Crippen molar-refractivity contribution in [2.75, 3.05) is 11.5 Å². The standard InChI is InChI=1S/C11H13NO3S/c1-2-6-16-7-5-12-8-9(11(14)15)3-4-10(12)13/h2-4,8H,1,5-7H2,(H,14,15). The molecule has 0 amide bonds. The van der Waals surface area contributed by atoms with Crippen LogP contribution in [0.2, 0.25) is 0 Å². The van der Waals surface area contributed by atoms with Crippen LogP contribution in [0.5, 0.6) is 0 Å². The summed E-state index contributed by atoms with van der Waals surface area (Å²) >= 11 is 1.65. The first-order valence-corrected chi connectivity index (χ1v) is 5.93. The molecule has 1 aromatic rings. The van der Waals surface area contributed by atoms with Crippen LogP contribution in [0.25, 0.3) is 0 Å². The topological polar surface area (TPSA) is 59.3 Å². The Morgan fingerprint density at radius 2 is 2.31 bits per heavy atom. The third-order valence-corrected chi connectivity index (χ3v) is 2.89. The molecule has 1 rings (SSSR count). The van der Waals surface area contributed by atoms with Gasteiger partial charge in [0.25, 0.3) is 5.56 Å². The van der Waals surface area contributed by atoms with Gasteiger partial charge in [0.1, 0.15) is 0 Å². The van der Waals surface area contributed by atoms with Crippen LogP contribution in [0.15, 0.2) is 35.8 Å². The molecule has 0 aliphatic heterocycles. The lowest BCUT2D eigenvalue weighted by Gasteiger charge is -2.05. The van der Waals surface area contributed by atoms with Gasteiger partial charge in [-0.2, -0.15) is 11.8 Å². The molecule has 0 unspecified atom stereocenters. The van der Waals surface area contributed by atoms with E-state index in [1.165, 1.54) is 22.9 Å². The van der Waals surface area contributed by atoms with Gasteiger partial charge in [0.05, 0.1) is 5.56 Å². The highest BCUT2D eigenvalue weighted by Gasteiger charge is 2.04. The van der Waals surface area contributed by atoms with Crippen LogP contribution in [-0.2, 0) is 6.54 Å². The molecule has 0 atom stereocenters. The minimum Gasteiger partial charge on any atom is -0.478 e. The Labute approximate surface area is 97.6 Å². The first-order chi connectivity index (χ1) is 7.65. The molecule has 0 bridgehead atoms. The molecular weight excluding hydrogens is 226 g/mol. The Morgan fingerprint density at radius 3 is 2.94 bits per heavy atom. The van der Waals surface area contributed by atoms with Crippen molar-refractivity contribution >= 4 is 17.7 Å². The summed E-state index contributed by atoms with van der Waals surface area (Å²) in [5.74, 6) is 0.565. The summed E-state index contributed by atoms with van der Waals surface area (Å²) in [6.45, 7) is 4.11. The van der Waals surface area contributed by atoms with Crippen LogP contribution in [0, 0.1) is 0 Å². The van der Waals surface area contributed by atoms with Crippen LogP contribution in [0.1, 0.15) is 10.4 Å². The molecular formula is C11H13NO3S. The summed E-state index contributed by atoms with van der Waals surface area (Å²) in [6.07, 6.45) is 3.17. The number of pyridine rings is 1. The number of carbonyl (C=O) groups is 1. The summed E-state index contributed by atoms with van der Waals surface area (Å²) < 4.78 is 1.42. The van der Waals surface area contributed by atoms with E-state index >= 15 is 0 Å².